The molecule has 0 heterocycles. The van der Waals surface area contributed by atoms with Crippen LogP contribution in [0.15, 0.2) is 12.2 Å². The number of carbonyl (C=O) groups excluding carboxylic acids is 1. The van der Waals surface area contributed by atoms with Crippen molar-refractivity contribution in [2.45, 2.75) is 6.92 Å². The number of halogens is 2. The molecule has 4 heteroatoms. The molecule has 0 fully saturated rings. The van der Waals surface area contributed by atoms with E-state index in [2.05, 4.69) is 4.74 Å². The van der Waals surface area contributed by atoms with Gasteiger partial charge in [0.1, 0.15) is 6.61 Å². The average molecular weight is 136 g/mol. The van der Waals surface area contributed by atoms with Gasteiger partial charge in [0.15, 0.2) is 0 Å². The lowest BCUT2D eigenvalue weighted by molar-refractivity contribution is -0.139. The first kappa shape index (κ1) is 8.07. The molecule has 0 spiro atoms. The Morgan fingerprint density at radius 1 is 1.67 bits per heavy atom. The van der Waals surface area contributed by atoms with E-state index in [0.717, 1.165) is 6.92 Å². The summed E-state index contributed by atoms with van der Waals surface area (Å²) in [4.78, 5) is 9.93. The molecule has 0 aliphatic heterocycles. The number of hydrogen-bond donors (Lipinski definition) is 0. The molecule has 0 aromatic rings. The molecule has 0 aliphatic rings. The molecule has 0 aliphatic carbocycles. The van der Waals surface area contributed by atoms with Gasteiger partial charge in [0.25, 0.3) is 6.08 Å². The predicted octanol–water partition coefficient (Wildman–Crippen LogP) is 1.33. The minimum Gasteiger partial charge on any atom is -0.461 e. The lowest BCUT2D eigenvalue weighted by Crippen LogP contribution is -1.97. The van der Waals surface area contributed by atoms with Crippen LogP contribution in [-0.2, 0) is 9.53 Å². The fourth-order valence-electron chi connectivity index (χ4n) is 0.222. The molecule has 0 atom stereocenters. The van der Waals surface area contributed by atoms with E-state index >= 15 is 0 Å². The fourth-order valence-corrected chi connectivity index (χ4v) is 0.222. The van der Waals surface area contributed by atoms with Gasteiger partial charge in [-0.3, -0.25) is 4.79 Å². The van der Waals surface area contributed by atoms with Crippen LogP contribution in [0.2, 0.25) is 0 Å². The molecule has 0 saturated carbocycles. The van der Waals surface area contributed by atoms with Crippen LogP contribution in [-0.4, -0.2) is 12.6 Å². The van der Waals surface area contributed by atoms with Crippen molar-refractivity contribution >= 4 is 5.97 Å². The first-order valence-electron chi connectivity index (χ1n) is 2.27. The molecule has 0 bridgehead atoms. The summed E-state index contributed by atoms with van der Waals surface area (Å²) in [5, 5.41) is 0. The van der Waals surface area contributed by atoms with Gasteiger partial charge in [0.2, 0.25) is 0 Å². The van der Waals surface area contributed by atoms with Crippen molar-refractivity contribution in [1.29, 1.82) is 0 Å². The largest absolute Gasteiger partial charge is 0.461 e. The van der Waals surface area contributed by atoms with Gasteiger partial charge in [-0.1, -0.05) is 0 Å². The van der Waals surface area contributed by atoms with E-state index in [-0.39, 0.29) is 6.61 Å². The van der Waals surface area contributed by atoms with E-state index in [1.54, 1.807) is 0 Å². The molecule has 2 nitrogen and oxygen atoms in total. The normalized spacial score (nSPS) is 8.33. The summed E-state index contributed by atoms with van der Waals surface area (Å²) in [7, 11) is 0. The van der Waals surface area contributed by atoms with E-state index < -0.39 is 12.0 Å². The highest BCUT2D eigenvalue weighted by molar-refractivity contribution is 5.65. The average Bonchev–Trinajstić information content (AvgIpc) is 1.63. The summed E-state index contributed by atoms with van der Waals surface area (Å²) >= 11 is 0. The third-order valence-electron chi connectivity index (χ3n) is 0.524. The maximum atomic E-state index is 11.2. The van der Waals surface area contributed by atoms with Crippen molar-refractivity contribution < 1.29 is 18.3 Å². The summed E-state index contributed by atoms with van der Waals surface area (Å²) < 4.78 is 26.5. The summed E-state index contributed by atoms with van der Waals surface area (Å²) in [6.45, 7) is 0.807. The summed E-state index contributed by atoms with van der Waals surface area (Å²) in [5.41, 5.74) is 0. The minimum atomic E-state index is -1.84. The van der Waals surface area contributed by atoms with Gasteiger partial charge in [-0.25, -0.2) is 0 Å². The van der Waals surface area contributed by atoms with Crippen LogP contribution in [0.3, 0.4) is 0 Å². The van der Waals surface area contributed by atoms with E-state index in [1.165, 1.54) is 0 Å². The molecule has 0 aromatic heterocycles. The van der Waals surface area contributed by atoms with Gasteiger partial charge in [-0.2, -0.15) is 8.78 Å². The molecule has 0 amide bonds. The Labute approximate surface area is 51.1 Å². The number of carbonyl (C=O) groups is 1. The molecular formula is C5H6F2O2. The summed E-state index contributed by atoms with van der Waals surface area (Å²) in [6.07, 6.45) is -1.31. The number of ether oxygens (including phenoxy) is 1. The highest BCUT2D eigenvalue weighted by atomic mass is 19.3. The molecular weight excluding hydrogens is 130 g/mol. The molecule has 0 saturated heterocycles. The van der Waals surface area contributed by atoms with Crippen molar-refractivity contribution in [1.82, 2.24) is 0 Å². The van der Waals surface area contributed by atoms with Crippen molar-refractivity contribution in [3.8, 4) is 0 Å². The second kappa shape index (κ2) is 4.00. The van der Waals surface area contributed by atoms with Crippen molar-refractivity contribution in [3.05, 3.63) is 12.2 Å². The Hall–Kier alpha value is -0.930. The zero-order chi connectivity index (χ0) is 7.28. The Bertz CT molecular complexity index is 127. The molecule has 0 radical (unpaired) electrons. The second-order valence-corrected chi connectivity index (χ2v) is 1.30. The first-order valence-corrected chi connectivity index (χ1v) is 2.27. The third kappa shape index (κ3) is 7.07. The standard InChI is InChI=1S/C5H6F2O2/c1-4(8)9-3-2-5(6)7/h2H,3H2,1H3. The van der Waals surface area contributed by atoms with Crippen molar-refractivity contribution in [2.75, 3.05) is 6.61 Å². The number of rotatable bonds is 2. The van der Waals surface area contributed by atoms with Gasteiger partial charge in [0.05, 0.1) is 0 Å². The lowest BCUT2D eigenvalue weighted by Gasteiger charge is -1.92. The van der Waals surface area contributed by atoms with E-state index in [1.807, 2.05) is 0 Å². The maximum absolute atomic E-state index is 11.2. The Kier molecular flexibility index (Phi) is 3.59. The van der Waals surface area contributed by atoms with Gasteiger partial charge in [-0.15, -0.1) is 0 Å². The Morgan fingerprint density at radius 3 is 2.56 bits per heavy atom. The van der Waals surface area contributed by atoms with Crippen LogP contribution in [0.5, 0.6) is 0 Å². The highest BCUT2D eigenvalue weighted by Gasteiger charge is 1.90. The second-order valence-electron chi connectivity index (χ2n) is 1.30. The predicted molar refractivity (Wildman–Crippen MR) is 26.9 cm³/mol. The molecule has 0 rings (SSSR count). The fraction of sp³-hybridized carbons (Fsp3) is 0.400. The molecule has 0 unspecified atom stereocenters. The smallest absolute Gasteiger partial charge is 0.302 e. The summed E-state index contributed by atoms with van der Waals surface area (Å²) in [6, 6.07) is 0. The third-order valence-corrected chi connectivity index (χ3v) is 0.524. The minimum absolute atomic E-state index is 0.350. The highest BCUT2D eigenvalue weighted by Crippen LogP contribution is 1.95. The number of esters is 1. The van der Waals surface area contributed by atoms with Crippen LogP contribution in [0.25, 0.3) is 0 Å². The quantitative estimate of drug-likeness (QED) is 0.535. The van der Waals surface area contributed by atoms with Crippen LogP contribution in [0.1, 0.15) is 6.92 Å². The molecule has 0 aromatic carbocycles. The van der Waals surface area contributed by atoms with E-state index in [9.17, 15) is 13.6 Å². The van der Waals surface area contributed by atoms with Crippen LogP contribution in [0.4, 0.5) is 8.78 Å². The van der Waals surface area contributed by atoms with Crippen molar-refractivity contribution in [2.24, 2.45) is 0 Å². The SMILES string of the molecule is CC(=O)OCC=C(F)F. The van der Waals surface area contributed by atoms with Crippen LogP contribution < -0.4 is 0 Å². The van der Waals surface area contributed by atoms with Gasteiger partial charge in [-0.05, 0) is 0 Å². The Balaban J connectivity index is 3.31. The number of hydrogen-bond acceptors (Lipinski definition) is 2. The molecule has 0 N–H and O–H groups in total. The van der Waals surface area contributed by atoms with Gasteiger partial charge >= 0.3 is 5.97 Å². The van der Waals surface area contributed by atoms with E-state index in [0.29, 0.717) is 6.08 Å². The Morgan fingerprint density at radius 2 is 2.22 bits per heavy atom. The zero-order valence-corrected chi connectivity index (χ0v) is 4.86. The topological polar surface area (TPSA) is 26.3 Å². The lowest BCUT2D eigenvalue weighted by atomic mass is 10.6. The zero-order valence-electron chi connectivity index (χ0n) is 4.86. The monoisotopic (exact) mass is 136 g/mol. The molecule has 52 valence electrons. The first-order chi connectivity index (χ1) is 4.13. The van der Waals surface area contributed by atoms with Crippen LogP contribution in [0, 0.1) is 0 Å². The maximum Gasteiger partial charge on any atom is 0.302 e. The summed E-state index contributed by atoms with van der Waals surface area (Å²) in [5.74, 6) is -0.562. The van der Waals surface area contributed by atoms with Crippen LogP contribution >= 0.6 is 0 Å². The van der Waals surface area contributed by atoms with Crippen molar-refractivity contribution in [3.63, 3.8) is 0 Å². The van der Waals surface area contributed by atoms with Gasteiger partial charge in [0, 0.05) is 13.0 Å². The van der Waals surface area contributed by atoms with E-state index in [4.69, 9.17) is 0 Å². The molecule has 9 heavy (non-hydrogen) atoms. The van der Waals surface area contributed by atoms with Gasteiger partial charge < -0.3 is 4.74 Å².